The SMILES string of the molecule is O=C(O)[C@H]1CC(c2ccccc2Cl)=NO1. The first-order valence-electron chi connectivity index (χ1n) is 4.39. The molecule has 2 rings (SSSR count). The predicted molar refractivity (Wildman–Crippen MR) is 55.1 cm³/mol. The smallest absolute Gasteiger partial charge is 0.348 e. The van der Waals surface area contributed by atoms with E-state index < -0.39 is 12.1 Å². The van der Waals surface area contributed by atoms with Gasteiger partial charge in [0.1, 0.15) is 0 Å². The molecule has 1 aliphatic heterocycles. The Morgan fingerprint density at radius 1 is 1.53 bits per heavy atom. The Morgan fingerprint density at radius 3 is 2.87 bits per heavy atom. The van der Waals surface area contributed by atoms with Crippen LogP contribution in [0.3, 0.4) is 0 Å². The summed E-state index contributed by atoms with van der Waals surface area (Å²) in [4.78, 5) is 15.4. The van der Waals surface area contributed by atoms with Gasteiger partial charge in [-0.2, -0.15) is 0 Å². The third-order valence-corrected chi connectivity index (χ3v) is 2.46. The van der Waals surface area contributed by atoms with Gasteiger partial charge in [-0.25, -0.2) is 4.79 Å². The Morgan fingerprint density at radius 2 is 2.27 bits per heavy atom. The Labute approximate surface area is 91.1 Å². The van der Waals surface area contributed by atoms with Gasteiger partial charge in [0.2, 0.25) is 6.10 Å². The van der Waals surface area contributed by atoms with Crippen LogP contribution in [0, 0.1) is 0 Å². The molecular formula is C10H8ClNO3. The van der Waals surface area contributed by atoms with Gasteiger partial charge in [0.15, 0.2) is 0 Å². The van der Waals surface area contributed by atoms with Crippen molar-refractivity contribution in [3.05, 3.63) is 34.9 Å². The fourth-order valence-corrected chi connectivity index (χ4v) is 1.61. The molecule has 5 heteroatoms. The Balaban J connectivity index is 2.21. The fraction of sp³-hybridized carbons (Fsp3) is 0.200. The molecule has 0 aliphatic carbocycles. The Bertz CT molecular complexity index is 430. The second-order valence-electron chi connectivity index (χ2n) is 3.15. The lowest BCUT2D eigenvalue weighted by atomic mass is 10.1. The number of oxime groups is 1. The van der Waals surface area contributed by atoms with Crippen molar-refractivity contribution in [3.63, 3.8) is 0 Å². The van der Waals surface area contributed by atoms with Crippen LogP contribution in [0.15, 0.2) is 29.4 Å². The third kappa shape index (κ3) is 1.94. The third-order valence-electron chi connectivity index (χ3n) is 2.13. The molecule has 0 saturated heterocycles. The molecule has 4 nitrogen and oxygen atoms in total. The lowest BCUT2D eigenvalue weighted by molar-refractivity contribution is -0.148. The molecule has 0 bridgehead atoms. The first-order valence-corrected chi connectivity index (χ1v) is 4.76. The highest BCUT2D eigenvalue weighted by molar-refractivity contribution is 6.34. The van der Waals surface area contributed by atoms with Crippen LogP contribution in [0.5, 0.6) is 0 Å². The van der Waals surface area contributed by atoms with Gasteiger partial charge in [0, 0.05) is 17.0 Å². The molecule has 1 aliphatic rings. The molecule has 0 radical (unpaired) electrons. The van der Waals surface area contributed by atoms with Gasteiger partial charge in [-0.3, -0.25) is 0 Å². The number of hydrogen-bond donors (Lipinski definition) is 1. The number of hydrogen-bond acceptors (Lipinski definition) is 3. The number of rotatable bonds is 2. The number of benzene rings is 1. The lowest BCUT2D eigenvalue weighted by Crippen LogP contribution is -2.19. The average molecular weight is 226 g/mol. The minimum absolute atomic E-state index is 0.249. The molecule has 0 amide bonds. The molecule has 1 aromatic rings. The van der Waals surface area contributed by atoms with E-state index in [1.165, 1.54) is 0 Å². The molecule has 0 unspecified atom stereocenters. The quantitative estimate of drug-likeness (QED) is 0.837. The van der Waals surface area contributed by atoms with Crippen molar-refractivity contribution in [3.8, 4) is 0 Å². The normalized spacial score (nSPS) is 19.5. The summed E-state index contributed by atoms with van der Waals surface area (Å²) in [7, 11) is 0. The van der Waals surface area contributed by atoms with Crippen molar-refractivity contribution >= 4 is 23.3 Å². The number of nitrogens with zero attached hydrogens (tertiary/aromatic N) is 1. The molecule has 0 spiro atoms. The van der Waals surface area contributed by atoms with E-state index in [1.807, 2.05) is 6.07 Å². The van der Waals surface area contributed by atoms with Crippen LogP contribution in [0.2, 0.25) is 5.02 Å². The molecule has 78 valence electrons. The van der Waals surface area contributed by atoms with Crippen molar-refractivity contribution in [1.29, 1.82) is 0 Å². The number of carboxylic acids is 1. The fourth-order valence-electron chi connectivity index (χ4n) is 1.36. The van der Waals surface area contributed by atoms with Crippen LogP contribution in [-0.2, 0) is 9.63 Å². The van der Waals surface area contributed by atoms with Crippen LogP contribution in [0.1, 0.15) is 12.0 Å². The summed E-state index contributed by atoms with van der Waals surface area (Å²) in [6.07, 6.45) is -0.643. The molecule has 0 saturated carbocycles. The van der Waals surface area contributed by atoms with Gasteiger partial charge in [0.05, 0.1) is 5.71 Å². The number of carboxylic acid groups (broad SMARTS) is 1. The van der Waals surface area contributed by atoms with Crippen molar-refractivity contribution in [2.45, 2.75) is 12.5 Å². The molecular weight excluding hydrogens is 218 g/mol. The van der Waals surface area contributed by atoms with E-state index in [0.29, 0.717) is 10.7 Å². The summed E-state index contributed by atoms with van der Waals surface area (Å²) in [6.45, 7) is 0. The zero-order valence-corrected chi connectivity index (χ0v) is 8.44. The topological polar surface area (TPSA) is 58.9 Å². The maximum Gasteiger partial charge on any atom is 0.348 e. The van der Waals surface area contributed by atoms with E-state index in [2.05, 4.69) is 5.16 Å². The van der Waals surface area contributed by atoms with Crippen molar-refractivity contribution in [1.82, 2.24) is 0 Å². The highest BCUT2D eigenvalue weighted by Gasteiger charge is 2.28. The zero-order valence-electron chi connectivity index (χ0n) is 7.68. The summed E-state index contributed by atoms with van der Waals surface area (Å²) < 4.78 is 0. The van der Waals surface area contributed by atoms with E-state index in [4.69, 9.17) is 21.5 Å². The molecule has 1 N–H and O–H groups in total. The maximum absolute atomic E-state index is 10.6. The van der Waals surface area contributed by atoms with E-state index in [9.17, 15) is 4.79 Å². The number of halogens is 1. The van der Waals surface area contributed by atoms with Gasteiger partial charge in [-0.15, -0.1) is 0 Å². The number of carbonyl (C=O) groups is 1. The van der Waals surface area contributed by atoms with Crippen LogP contribution in [0.25, 0.3) is 0 Å². The van der Waals surface area contributed by atoms with Gasteiger partial charge >= 0.3 is 5.97 Å². The second kappa shape index (κ2) is 3.90. The predicted octanol–water partition coefficient (Wildman–Crippen LogP) is 1.92. The minimum Gasteiger partial charge on any atom is -0.478 e. The van der Waals surface area contributed by atoms with Gasteiger partial charge in [-0.1, -0.05) is 35.0 Å². The van der Waals surface area contributed by atoms with Crippen molar-refractivity contribution in [2.24, 2.45) is 5.16 Å². The number of aliphatic carboxylic acids is 1. The van der Waals surface area contributed by atoms with Crippen LogP contribution < -0.4 is 0 Å². The largest absolute Gasteiger partial charge is 0.478 e. The highest BCUT2D eigenvalue weighted by atomic mass is 35.5. The summed E-state index contributed by atoms with van der Waals surface area (Å²) in [5.74, 6) is -1.01. The molecule has 15 heavy (non-hydrogen) atoms. The van der Waals surface area contributed by atoms with Crippen LogP contribution in [-0.4, -0.2) is 22.9 Å². The Hall–Kier alpha value is -1.55. The second-order valence-corrected chi connectivity index (χ2v) is 3.56. The summed E-state index contributed by atoms with van der Waals surface area (Å²) in [5, 5.41) is 13.0. The van der Waals surface area contributed by atoms with Crippen LogP contribution in [0.4, 0.5) is 0 Å². The molecule has 1 aromatic carbocycles. The van der Waals surface area contributed by atoms with Gasteiger partial charge < -0.3 is 9.94 Å². The van der Waals surface area contributed by atoms with E-state index in [-0.39, 0.29) is 6.42 Å². The molecule has 0 aromatic heterocycles. The zero-order chi connectivity index (χ0) is 10.8. The average Bonchev–Trinajstić information content (AvgIpc) is 2.67. The standard InChI is InChI=1S/C10H8ClNO3/c11-7-4-2-1-3-6(7)8-5-9(10(13)14)15-12-8/h1-4,9H,5H2,(H,13,14)/t9-/m1/s1. The minimum atomic E-state index is -1.01. The van der Waals surface area contributed by atoms with Crippen molar-refractivity contribution in [2.75, 3.05) is 0 Å². The summed E-state index contributed by atoms with van der Waals surface area (Å²) in [5.41, 5.74) is 1.30. The Kier molecular flexibility index (Phi) is 2.60. The highest BCUT2D eigenvalue weighted by Crippen LogP contribution is 2.22. The van der Waals surface area contributed by atoms with Gasteiger partial charge in [-0.05, 0) is 6.07 Å². The van der Waals surface area contributed by atoms with E-state index >= 15 is 0 Å². The molecule has 1 heterocycles. The van der Waals surface area contributed by atoms with E-state index in [1.54, 1.807) is 18.2 Å². The van der Waals surface area contributed by atoms with Crippen molar-refractivity contribution < 1.29 is 14.7 Å². The summed E-state index contributed by atoms with van der Waals surface area (Å²) >= 11 is 5.95. The molecule has 1 atom stereocenters. The first kappa shape index (κ1) is 9.98. The van der Waals surface area contributed by atoms with E-state index in [0.717, 1.165) is 5.56 Å². The first-order chi connectivity index (χ1) is 7.18. The monoisotopic (exact) mass is 225 g/mol. The lowest BCUT2D eigenvalue weighted by Gasteiger charge is -2.01. The van der Waals surface area contributed by atoms with Gasteiger partial charge in [0.25, 0.3) is 0 Å². The maximum atomic E-state index is 10.6. The molecule has 0 fully saturated rings. The summed E-state index contributed by atoms with van der Waals surface area (Å²) in [6, 6.07) is 7.14. The van der Waals surface area contributed by atoms with Crippen LogP contribution >= 0.6 is 11.6 Å².